The Morgan fingerprint density at radius 1 is 1.17 bits per heavy atom. The van der Waals surface area contributed by atoms with Crippen LogP contribution >= 0.6 is 0 Å². The third-order valence-electron chi connectivity index (χ3n) is 4.32. The lowest BCUT2D eigenvalue weighted by molar-refractivity contribution is 0.0697. The molecule has 1 saturated carbocycles. The summed E-state index contributed by atoms with van der Waals surface area (Å²) >= 11 is 0. The smallest absolute Gasteiger partial charge is 0.335 e. The van der Waals surface area contributed by atoms with E-state index in [1.807, 2.05) is 12.1 Å². The molecule has 1 aromatic carbocycles. The van der Waals surface area contributed by atoms with E-state index in [0.717, 1.165) is 6.54 Å². The molecule has 0 aromatic heterocycles. The summed E-state index contributed by atoms with van der Waals surface area (Å²) in [6.07, 6.45) is 5.15. The molecule has 2 aliphatic rings. The zero-order valence-electron chi connectivity index (χ0n) is 10.6. The Bertz CT molecular complexity index is 442. The molecule has 1 saturated heterocycles. The SMILES string of the molecule is O=C(O)c1ccc(C2(CN3CCCC3)CC2)cc1. The van der Waals surface area contributed by atoms with Gasteiger partial charge in [-0.05, 0) is 56.5 Å². The van der Waals surface area contributed by atoms with Gasteiger partial charge < -0.3 is 10.0 Å². The summed E-state index contributed by atoms with van der Waals surface area (Å²) in [7, 11) is 0. The van der Waals surface area contributed by atoms with Crippen LogP contribution < -0.4 is 0 Å². The minimum absolute atomic E-state index is 0.321. The average molecular weight is 245 g/mol. The van der Waals surface area contributed by atoms with Crippen molar-refractivity contribution in [1.29, 1.82) is 0 Å². The molecule has 1 aliphatic heterocycles. The summed E-state index contributed by atoms with van der Waals surface area (Å²) < 4.78 is 0. The maximum Gasteiger partial charge on any atom is 0.335 e. The summed E-state index contributed by atoms with van der Waals surface area (Å²) in [5, 5.41) is 8.92. The highest BCUT2D eigenvalue weighted by Gasteiger charge is 2.45. The van der Waals surface area contributed by atoms with E-state index in [1.165, 1.54) is 44.3 Å². The van der Waals surface area contributed by atoms with E-state index in [4.69, 9.17) is 5.11 Å². The van der Waals surface area contributed by atoms with Crippen LogP contribution in [0, 0.1) is 0 Å². The zero-order chi connectivity index (χ0) is 12.6. The molecule has 2 fully saturated rings. The molecule has 3 heteroatoms. The number of hydrogen-bond donors (Lipinski definition) is 1. The van der Waals surface area contributed by atoms with Crippen LogP contribution in [0.4, 0.5) is 0 Å². The van der Waals surface area contributed by atoms with E-state index in [2.05, 4.69) is 4.90 Å². The molecule has 0 spiro atoms. The fourth-order valence-corrected chi connectivity index (χ4v) is 3.02. The van der Waals surface area contributed by atoms with Crippen molar-refractivity contribution in [3.05, 3.63) is 35.4 Å². The van der Waals surface area contributed by atoms with Crippen molar-refractivity contribution >= 4 is 5.97 Å². The second kappa shape index (κ2) is 4.39. The summed E-state index contributed by atoms with van der Waals surface area (Å²) in [6, 6.07) is 7.49. The number of aromatic carboxylic acids is 1. The van der Waals surface area contributed by atoms with Gasteiger partial charge in [-0.1, -0.05) is 12.1 Å². The number of carboxylic acids is 1. The van der Waals surface area contributed by atoms with Crippen LogP contribution in [0.25, 0.3) is 0 Å². The van der Waals surface area contributed by atoms with Crippen LogP contribution in [0.15, 0.2) is 24.3 Å². The molecule has 1 heterocycles. The lowest BCUT2D eigenvalue weighted by Crippen LogP contribution is -2.30. The lowest BCUT2D eigenvalue weighted by Gasteiger charge is -2.23. The van der Waals surface area contributed by atoms with Crippen molar-refractivity contribution in [2.45, 2.75) is 31.1 Å². The fraction of sp³-hybridized carbons (Fsp3) is 0.533. The number of rotatable bonds is 4. The molecule has 0 radical (unpaired) electrons. The number of carbonyl (C=O) groups is 1. The molecular weight excluding hydrogens is 226 g/mol. The standard InChI is InChI=1S/C15H19NO2/c17-14(18)12-3-5-13(6-4-12)15(7-8-15)11-16-9-1-2-10-16/h3-6H,1-2,7-11H2,(H,17,18). The van der Waals surface area contributed by atoms with Crippen LogP contribution in [-0.4, -0.2) is 35.6 Å². The topological polar surface area (TPSA) is 40.5 Å². The highest BCUT2D eigenvalue weighted by molar-refractivity contribution is 5.87. The van der Waals surface area contributed by atoms with Gasteiger partial charge >= 0.3 is 5.97 Å². The molecule has 1 N–H and O–H groups in total. The van der Waals surface area contributed by atoms with Gasteiger partial charge in [0.1, 0.15) is 0 Å². The van der Waals surface area contributed by atoms with E-state index in [1.54, 1.807) is 12.1 Å². The van der Waals surface area contributed by atoms with Crippen molar-refractivity contribution in [2.75, 3.05) is 19.6 Å². The van der Waals surface area contributed by atoms with E-state index in [-0.39, 0.29) is 0 Å². The maximum atomic E-state index is 10.8. The first-order valence-corrected chi connectivity index (χ1v) is 6.76. The first kappa shape index (κ1) is 11.7. The van der Waals surface area contributed by atoms with E-state index >= 15 is 0 Å². The minimum Gasteiger partial charge on any atom is -0.478 e. The van der Waals surface area contributed by atoms with Gasteiger partial charge in [0, 0.05) is 12.0 Å². The number of nitrogens with zero attached hydrogens (tertiary/aromatic N) is 1. The molecule has 1 aromatic rings. The lowest BCUT2D eigenvalue weighted by atomic mass is 9.94. The van der Waals surface area contributed by atoms with Gasteiger partial charge in [0.05, 0.1) is 5.56 Å². The summed E-state index contributed by atoms with van der Waals surface area (Å²) in [5.74, 6) is -0.842. The van der Waals surface area contributed by atoms with Crippen LogP contribution in [0.3, 0.4) is 0 Å². The van der Waals surface area contributed by atoms with Crippen molar-refractivity contribution in [3.63, 3.8) is 0 Å². The quantitative estimate of drug-likeness (QED) is 0.886. The summed E-state index contributed by atoms with van der Waals surface area (Å²) in [5.41, 5.74) is 2.02. The minimum atomic E-state index is -0.842. The predicted molar refractivity (Wildman–Crippen MR) is 70.0 cm³/mol. The van der Waals surface area contributed by atoms with Crippen molar-refractivity contribution in [1.82, 2.24) is 4.90 Å². The molecule has 0 bridgehead atoms. The van der Waals surface area contributed by atoms with Crippen LogP contribution in [-0.2, 0) is 5.41 Å². The molecule has 0 amide bonds. The van der Waals surface area contributed by atoms with Gasteiger partial charge in [0.2, 0.25) is 0 Å². The third-order valence-corrected chi connectivity index (χ3v) is 4.32. The van der Waals surface area contributed by atoms with Crippen molar-refractivity contribution in [3.8, 4) is 0 Å². The second-order valence-corrected chi connectivity index (χ2v) is 5.65. The van der Waals surface area contributed by atoms with Crippen LogP contribution in [0.5, 0.6) is 0 Å². The molecule has 96 valence electrons. The summed E-state index contributed by atoms with van der Waals surface area (Å²) in [6.45, 7) is 3.61. The van der Waals surface area contributed by atoms with Crippen molar-refractivity contribution in [2.24, 2.45) is 0 Å². The maximum absolute atomic E-state index is 10.8. The van der Waals surface area contributed by atoms with Crippen LogP contribution in [0.2, 0.25) is 0 Å². The highest BCUT2D eigenvalue weighted by atomic mass is 16.4. The average Bonchev–Trinajstić information content (AvgIpc) is 2.97. The van der Waals surface area contributed by atoms with Gasteiger partial charge in [-0.25, -0.2) is 4.79 Å². The number of carboxylic acid groups (broad SMARTS) is 1. The number of hydrogen-bond acceptors (Lipinski definition) is 2. The molecule has 18 heavy (non-hydrogen) atoms. The van der Waals surface area contributed by atoms with Crippen molar-refractivity contribution < 1.29 is 9.90 Å². The summed E-state index contributed by atoms with van der Waals surface area (Å²) in [4.78, 5) is 13.4. The Labute approximate surface area is 107 Å². The Kier molecular flexibility index (Phi) is 2.86. The first-order valence-electron chi connectivity index (χ1n) is 6.76. The fourth-order valence-electron chi connectivity index (χ4n) is 3.02. The zero-order valence-corrected chi connectivity index (χ0v) is 10.6. The predicted octanol–water partition coefficient (Wildman–Crippen LogP) is 2.51. The largest absolute Gasteiger partial charge is 0.478 e. The Balaban J connectivity index is 1.74. The monoisotopic (exact) mass is 245 g/mol. The van der Waals surface area contributed by atoms with E-state index in [0.29, 0.717) is 11.0 Å². The van der Waals surface area contributed by atoms with Gasteiger partial charge in [-0.3, -0.25) is 0 Å². The van der Waals surface area contributed by atoms with E-state index in [9.17, 15) is 4.79 Å². The Morgan fingerprint density at radius 2 is 1.78 bits per heavy atom. The second-order valence-electron chi connectivity index (χ2n) is 5.65. The third kappa shape index (κ3) is 2.15. The van der Waals surface area contributed by atoms with Crippen LogP contribution in [0.1, 0.15) is 41.6 Å². The molecule has 3 nitrogen and oxygen atoms in total. The Hall–Kier alpha value is -1.35. The van der Waals surface area contributed by atoms with Gasteiger partial charge in [0.15, 0.2) is 0 Å². The normalized spacial score (nSPS) is 22.0. The number of likely N-dealkylation sites (tertiary alicyclic amines) is 1. The van der Waals surface area contributed by atoms with Gasteiger partial charge in [0.25, 0.3) is 0 Å². The van der Waals surface area contributed by atoms with Gasteiger partial charge in [-0.2, -0.15) is 0 Å². The molecule has 3 rings (SSSR count). The molecule has 0 atom stereocenters. The Morgan fingerprint density at radius 3 is 2.28 bits per heavy atom. The molecule has 1 aliphatic carbocycles. The first-order chi connectivity index (χ1) is 8.70. The number of benzene rings is 1. The van der Waals surface area contributed by atoms with E-state index < -0.39 is 5.97 Å². The molecular formula is C15H19NO2. The highest BCUT2D eigenvalue weighted by Crippen LogP contribution is 2.49. The van der Waals surface area contributed by atoms with Gasteiger partial charge in [-0.15, -0.1) is 0 Å². The molecule has 0 unspecified atom stereocenters.